The number of fused-ring (bicyclic) bond motifs is 4. The second kappa shape index (κ2) is 6.54. The zero-order chi connectivity index (χ0) is 22.1. The molecule has 0 aliphatic carbocycles. The highest BCUT2D eigenvalue weighted by molar-refractivity contribution is 6.02. The predicted molar refractivity (Wildman–Crippen MR) is 119 cm³/mol. The normalized spacial score (nSPS) is 16.9. The quantitative estimate of drug-likeness (QED) is 0.443. The van der Waals surface area contributed by atoms with E-state index in [1.165, 1.54) is 6.20 Å². The van der Waals surface area contributed by atoms with Gasteiger partial charge in [0.1, 0.15) is 16.8 Å². The summed E-state index contributed by atoms with van der Waals surface area (Å²) in [5.74, 6) is -1.36. The summed E-state index contributed by atoms with van der Waals surface area (Å²) >= 11 is 0. The number of anilines is 1. The third-order valence-electron chi connectivity index (χ3n) is 6.26. The molecule has 0 radical (unpaired) electrons. The number of hydrogen-bond acceptors (Lipinski definition) is 5. The zero-order valence-electron chi connectivity index (χ0n) is 16.8. The van der Waals surface area contributed by atoms with Crippen LogP contribution >= 0.6 is 0 Å². The number of pyridine rings is 1. The highest BCUT2D eigenvalue weighted by Crippen LogP contribution is 2.48. The lowest BCUT2D eigenvalue weighted by Crippen LogP contribution is -2.28. The van der Waals surface area contributed by atoms with E-state index >= 15 is 4.39 Å². The van der Waals surface area contributed by atoms with Crippen molar-refractivity contribution in [3.05, 3.63) is 70.3 Å². The van der Waals surface area contributed by atoms with Crippen LogP contribution in [0.3, 0.4) is 0 Å². The molecular formula is C24H18FN3O4. The summed E-state index contributed by atoms with van der Waals surface area (Å²) < 4.78 is 23.3. The van der Waals surface area contributed by atoms with E-state index in [2.05, 4.69) is 0 Å². The van der Waals surface area contributed by atoms with Crippen molar-refractivity contribution in [3.63, 3.8) is 0 Å². The molecule has 3 aromatic carbocycles. The van der Waals surface area contributed by atoms with Gasteiger partial charge >= 0.3 is 5.97 Å². The number of nitrogens with two attached hydrogens (primary N) is 1. The molecule has 1 fully saturated rings. The van der Waals surface area contributed by atoms with Gasteiger partial charge in [-0.1, -0.05) is 30.3 Å². The molecule has 0 bridgehead atoms. The van der Waals surface area contributed by atoms with Crippen LogP contribution in [0, 0.1) is 5.82 Å². The molecule has 160 valence electrons. The van der Waals surface area contributed by atoms with Crippen molar-refractivity contribution in [1.29, 1.82) is 0 Å². The lowest BCUT2D eigenvalue weighted by atomic mass is 10.0. The number of carbonyl (C=O) groups is 1. The third-order valence-corrected chi connectivity index (χ3v) is 6.26. The van der Waals surface area contributed by atoms with Crippen LogP contribution < -0.4 is 20.8 Å². The van der Waals surface area contributed by atoms with Crippen molar-refractivity contribution in [1.82, 2.24) is 4.57 Å². The van der Waals surface area contributed by atoms with Crippen molar-refractivity contribution in [2.75, 3.05) is 18.0 Å². The van der Waals surface area contributed by atoms with Gasteiger partial charge in [-0.25, -0.2) is 9.18 Å². The Labute approximate surface area is 181 Å². The van der Waals surface area contributed by atoms with Crippen LogP contribution in [0.15, 0.2) is 53.5 Å². The van der Waals surface area contributed by atoms with Crippen LogP contribution in [0.5, 0.6) is 11.5 Å². The lowest BCUT2D eigenvalue weighted by Gasteiger charge is -2.29. The minimum Gasteiger partial charge on any atom is -0.477 e. The molecule has 8 heteroatoms. The van der Waals surface area contributed by atoms with Crippen LogP contribution in [-0.2, 0) is 0 Å². The van der Waals surface area contributed by atoms with Crippen LogP contribution in [0.1, 0.15) is 16.8 Å². The fraction of sp³-hybridized carbons (Fsp3) is 0.167. The second-order valence-corrected chi connectivity index (χ2v) is 8.21. The fourth-order valence-corrected chi connectivity index (χ4v) is 4.80. The van der Waals surface area contributed by atoms with Crippen LogP contribution in [-0.4, -0.2) is 34.8 Å². The number of rotatable bonds is 2. The number of hydrogen-bond donors (Lipinski definition) is 2. The summed E-state index contributed by atoms with van der Waals surface area (Å²) in [4.78, 5) is 26.6. The van der Waals surface area contributed by atoms with Gasteiger partial charge < -0.3 is 25.0 Å². The van der Waals surface area contributed by atoms with Gasteiger partial charge in [-0.3, -0.25) is 4.79 Å². The first kappa shape index (κ1) is 18.8. The summed E-state index contributed by atoms with van der Waals surface area (Å²) in [7, 11) is 0. The smallest absolute Gasteiger partial charge is 0.341 e. The molecule has 3 N–H and O–H groups in total. The molecule has 7 nitrogen and oxygen atoms in total. The molecule has 32 heavy (non-hydrogen) atoms. The Bertz CT molecular complexity index is 1530. The molecule has 1 atom stereocenters. The van der Waals surface area contributed by atoms with E-state index in [-0.39, 0.29) is 22.9 Å². The monoisotopic (exact) mass is 431 g/mol. The minimum atomic E-state index is -1.37. The van der Waals surface area contributed by atoms with Gasteiger partial charge in [0.2, 0.25) is 5.43 Å². The van der Waals surface area contributed by atoms with Crippen molar-refractivity contribution in [3.8, 4) is 17.2 Å². The number of carboxylic acids is 1. The van der Waals surface area contributed by atoms with Gasteiger partial charge in [0.15, 0.2) is 17.3 Å². The lowest BCUT2D eigenvalue weighted by molar-refractivity contribution is 0.0695. The molecule has 0 saturated carbocycles. The summed E-state index contributed by atoms with van der Waals surface area (Å²) in [6, 6.07) is 12.3. The van der Waals surface area contributed by atoms with E-state index in [9.17, 15) is 14.7 Å². The molecule has 3 heterocycles. The molecule has 1 saturated heterocycles. The third kappa shape index (κ3) is 2.50. The number of benzene rings is 3. The number of ether oxygens (including phenoxy) is 1. The average Bonchev–Trinajstić information content (AvgIpc) is 3.20. The van der Waals surface area contributed by atoms with Gasteiger partial charge in [0, 0.05) is 30.7 Å². The van der Waals surface area contributed by atoms with Crippen molar-refractivity contribution in [2.24, 2.45) is 5.73 Å². The van der Waals surface area contributed by atoms with Crippen LogP contribution in [0.25, 0.3) is 27.4 Å². The van der Waals surface area contributed by atoms with Crippen LogP contribution in [0.4, 0.5) is 10.1 Å². The molecule has 0 amide bonds. The zero-order valence-corrected chi connectivity index (χ0v) is 16.8. The molecule has 4 aromatic rings. The maximum Gasteiger partial charge on any atom is 0.341 e. The van der Waals surface area contributed by atoms with Crippen molar-refractivity contribution in [2.45, 2.75) is 12.5 Å². The highest BCUT2D eigenvalue weighted by atomic mass is 19.1. The number of aromatic carboxylic acids is 1. The molecule has 1 aromatic heterocycles. The Morgan fingerprint density at radius 1 is 1.16 bits per heavy atom. The van der Waals surface area contributed by atoms with Crippen molar-refractivity contribution >= 4 is 33.3 Å². The number of halogens is 1. The Morgan fingerprint density at radius 2 is 1.97 bits per heavy atom. The molecule has 2 aliphatic heterocycles. The van der Waals surface area contributed by atoms with E-state index in [0.29, 0.717) is 36.5 Å². The predicted octanol–water partition coefficient (Wildman–Crippen LogP) is 3.62. The summed E-state index contributed by atoms with van der Waals surface area (Å²) in [6.07, 6.45) is 2.02. The number of nitrogens with zero attached hydrogens (tertiary/aromatic N) is 2. The first-order valence-electron chi connectivity index (χ1n) is 10.3. The SMILES string of the molecule is N[C@H]1CCN(c2c(F)cc3c(=O)c(C(=O)O)cn4c3c2Oc2ccc3ccccc3c2-4)C1. The summed E-state index contributed by atoms with van der Waals surface area (Å²) in [5.41, 5.74) is 6.07. The molecule has 2 aliphatic rings. The van der Waals surface area contributed by atoms with E-state index < -0.39 is 22.8 Å². The molecule has 0 spiro atoms. The van der Waals surface area contributed by atoms with E-state index in [1.54, 1.807) is 10.6 Å². The Balaban J connectivity index is 1.79. The second-order valence-electron chi connectivity index (χ2n) is 8.21. The summed E-state index contributed by atoms with van der Waals surface area (Å²) in [5, 5.41) is 11.4. The average molecular weight is 431 g/mol. The fourth-order valence-electron chi connectivity index (χ4n) is 4.80. The van der Waals surface area contributed by atoms with Gasteiger partial charge in [0.05, 0.1) is 11.1 Å². The number of carboxylic acid groups (broad SMARTS) is 1. The minimum absolute atomic E-state index is 0.0387. The van der Waals surface area contributed by atoms with Crippen LogP contribution in [0.2, 0.25) is 0 Å². The van der Waals surface area contributed by atoms with Crippen molar-refractivity contribution < 1.29 is 19.0 Å². The molecule has 6 rings (SSSR count). The van der Waals surface area contributed by atoms with E-state index in [0.717, 1.165) is 16.8 Å². The Hall–Kier alpha value is -3.91. The maximum atomic E-state index is 15.4. The standard InChI is InChI=1S/C24H18FN3O4/c25-17-9-15-20-23(21(17)27-8-7-13(26)10-27)32-18-6-5-12-3-1-2-4-14(12)19(18)28(20)11-16(22(15)29)24(30)31/h1-6,9,11,13H,7-8,10,26H2,(H,30,31)/t13-/m0/s1. The largest absolute Gasteiger partial charge is 0.477 e. The Morgan fingerprint density at radius 3 is 2.72 bits per heavy atom. The highest BCUT2D eigenvalue weighted by Gasteiger charge is 2.33. The maximum absolute atomic E-state index is 15.4. The van der Waals surface area contributed by atoms with Gasteiger partial charge in [-0.2, -0.15) is 0 Å². The first-order chi connectivity index (χ1) is 15.4. The van der Waals surface area contributed by atoms with E-state index in [4.69, 9.17) is 10.5 Å². The van der Waals surface area contributed by atoms with Gasteiger partial charge in [0.25, 0.3) is 0 Å². The van der Waals surface area contributed by atoms with Gasteiger partial charge in [-0.05, 0) is 23.9 Å². The summed E-state index contributed by atoms with van der Waals surface area (Å²) in [6.45, 7) is 1.02. The number of aromatic nitrogens is 1. The molecular weight excluding hydrogens is 413 g/mol. The first-order valence-corrected chi connectivity index (χ1v) is 10.3. The van der Waals surface area contributed by atoms with E-state index in [1.807, 2.05) is 35.2 Å². The topological polar surface area (TPSA) is 97.8 Å². The molecule has 0 unspecified atom stereocenters. The van der Waals surface area contributed by atoms with Gasteiger partial charge in [-0.15, -0.1) is 0 Å². The Kier molecular flexibility index (Phi) is 3.85.